The Morgan fingerprint density at radius 1 is 1.47 bits per heavy atom. The van der Waals surface area contributed by atoms with Crippen molar-refractivity contribution >= 4 is 22.6 Å². The third-order valence-corrected chi connectivity index (χ3v) is 2.92. The van der Waals surface area contributed by atoms with E-state index in [9.17, 15) is 9.59 Å². The van der Waals surface area contributed by atoms with Gasteiger partial charge in [-0.15, -0.1) is 0 Å². The Morgan fingerprint density at radius 3 is 3.00 bits per heavy atom. The van der Waals surface area contributed by atoms with Crippen molar-refractivity contribution in [3.05, 3.63) is 40.2 Å². The molecule has 96 valence electrons. The summed E-state index contributed by atoms with van der Waals surface area (Å²) in [5.41, 5.74) is 1.97. The number of nitrogens with one attached hydrogen (secondary N) is 1. The topological polar surface area (TPSA) is 89.3 Å². The molecule has 0 amide bonds. The number of pyridine rings is 1. The fourth-order valence-electron chi connectivity index (χ4n) is 2.00. The summed E-state index contributed by atoms with van der Waals surface area (Å²) < 4.78 is 6.23. The number of rotatable bonds is 1. The number of hydrogen-bond donors (Lipinski definition) is 1. The quantitative estimate of drug-likeness (QED) is 0.648. The number of aromatic amines is 1. The van der Waals surface area contributed by atoms with E-state index in [-0.39, 0.29) is 11.3 Å². The summed E-state index contributed by atoms with van der Waals surface area (Å²) in [6.45, 7) is 1.73. The zero-order chi connectivity index (χ0) is 13.6. The summed E-state index contributed by atoms with van der Waals surface area (Å²) in [6, 6.07) is 1.69. The minimum absolute atomic E-state index is 0.219. The van der Waals surface area contributed by atoms with Crippen LogP contribution in [0.25, 0.3) is 16.7 Å². The van der Waals surface area contributed by atoms with Crippen LogP contribution in [0.4, 0.5) is 0 Å². The van der Waals surface area contributed by atoms with E-state index in [1.807, 2.05) is 0 Å². The SMILES string of the molecule is COC(=O)c1nc2c(cc1C)[nH]c(=O)c1cncn12. The molecular formula is C12H10N4O3. The van der Waals surface area contributed by atoms with Crippen molar-refractivity contribution in [3.8, 4) is 0 Å². The van der Waals surface area contributed by atoms with Crippen LogP contribution in [0.15, 0.2) is 23.4 Å². The molecule has 0 aromatic carbocycles. The summed E-state index contributed by atoms with van der Waals surface area (Å²) in [4.78, 5) is 34.3. The molecule has 0 saturated heterocycles. The van der Waals surface area contributed by atoms with E-state index in [1.54, 1.807) is 17.4 Å². The molecule has 0 aliphatic carbocycles. The average Bonchev–Trinajstić information content (AvgIpc) is 2.87. The minimum atomic E-state index is -0.515. The Balaban J connectivity index is 2.47. The van der Waals surface area contributed by atoms with E-state index >= 15 is 0 Å². The van der Waals surface area contributed by atoms with E-state index in [2.05, 4.69) is 19.7 Å². The van der Waals surface area contributed by atoms with Crippen molar-refractivity contribution in [2.45, 2.75) is 6.92 Å². The molecule has 3 aromatic heterocycles. The molecule has 0 aliphatic heterocycles. The third-order valence-electron chi connectivity index (χ3n) is 2.92. The Bertz CT molecular complexity index is 862. The molecule has 0 saturated carbocycles. The zero-order valence-corrected chi connectivity index (χ0v) is 10.3. The molecule has 0 aliphatic rings. The summed E-state index contributed by atoms with van der Waals surface area (Å²) in [5, 5.41) is 0. The van der Waals surface area contributed by atoms with Gasteiger partial charge in [0.25, 0.3) is 5.56 Å². The number of aromatic nitrogens is 4. The van der Waals surface area contributed by atoms with Gasteiger partial charge in [-0.1, -0.05) is 0 Å². The highest BCUT2D eigenvalue weighted by molar-refractivity contribution is 5.91. The first-order valence-corrected chi connectivity index (χ1v) is 5.56. The second kappa shape index (κ2) is 3.91. The van der Waals surface area contributed by atoms with E-state index in [0.29, 0.717) is 22.2 Å². The number of carbonyl (C=O) groups is 1. The number of carbonyl (C=O) groups excluding carboxylic acids is 1. The van der Waals surface area contributed by atoms with Crippen LogP contribution in [0, 0.1) is 6.92 Å². The van der Waals surface area contributed by atoms with E-state index in [1.165, 1.54) is 19.6 Å². The molecule has 7 heteroatoms. The number of fused-ring (bicyclic) bond motifs is 3. The first kappa shape index (κ1) is 11.4. The predicted octanol–water partition coefficient (Wildman–Crippen LogP) is 0.666. The van der Waals surface area contributed by atoms with Crippen molar-refractivity contribution in [1.29, 1.82) is 0 Å². The van der Waals surface area contributed by atoms with Gasteiger partial charge in [0, 0.05) is 0 Å². The summed E-state index contributed by atoms with van der Waals surface area (Å²) in [6.07, 6.45) is 2.92. The summed E-state index contributed by atoms with van der Waals surface area (Å²) >= 11 is 0. The number of aryl methyl sites for hydroxylation is 1. The lowest BCUT2D eigenvalue weighted by molar-refractivity contribution is 0.0593. The van der Waals surface area contributed by atoms with Gasteiger partial charge in [-0.25, -0.2) is 14.8 Å². The van der Waals surface area contributed by atoms with E-state index in [4.69, 9.17) is 0 Å². The monoisotopic (exact) mass is 258 g/mol. The van der Waals surface area contributed by atoms with Crippen LogP contribution in [0.3, 0.4) is 0 Å². The maximum absolute atomic E-state index is 11.8. The largest absolute Gasteiger partial charge is 0.464 e. The van der Waals surface area contributed by atoms with Crippen LogP contribution < -0.4 is 5.56 Å². The molecular weight excluding hydrogens is 248 g/mol. The molecule has 0 unspecified atom stereocenters. The lowest BCUT2D eigenvalue weighted by Crippen LogP contribution is -2.13. The van der Waals surface area contributed by atoms with E-state index < -0.39 is 5.97 Å². The summed E-state index contributed by atoms with van der Waals surface area (Å²) in [7, 11) is 1.30. The first-order valence-electron chi connectivity index (χ1n) is 5.56. The molecule has 19 heavy (non-hydrogen) atoms. The smallest absolute Gasteiger partial charge is 0.357 e. The minimum Gasteiger partial charge on any atom is -0.464 e. The molecule has 0 fully saturated rings. The molecule has 0 atom stereocenters. The highest BCUT2D eigenvalue weighted by Gasteiger charge is 2.15. The lowest BCUT2D eigenvalue weighted by Gasteiger charge is -2.06. The maximum atomic E-state index is 11.8. The van der Waals surface area contributed by atoms with E-state index in [0.717, 1.165) is 0 Å². The Hall–Kier alpha value is -2.70. The molecule has 1 N–H and O–H groups in total. The average molecular weight is 258 g/mol. The van der Waals surface area contributed by atoms with Crippen LogP contribution in [-0.4, -0.2) is 32.4 Å². The second-order valence-corrected chi connectivity index (χ2v) is 4.12. The third kappa shape index (κ3) is 1.59. The van der Waals surface area contributed by atoms with Crippen LogP contribution >= 0.6 is 0 Å². The highest BCUT2D eigenvalue weighted by Crippen LogP contribution is 2.15. The number of H-pyrrole nitrogens is 1. The van der Waals surface area contributed by atoms with Crippen LogP contribution in [0.1, 0.15) is 16.1 Å². The van der Waals surface area contributed by atoms with Crippen molar-refractivity contribution in [2.75, 3.05) is 7.11 Å². The summed E-state index contributed by atoms with van der Waals surface area (Å²) in [5.74, 6) is -0.515. The van der Waals surface area contributed by atoms with Gasteiger partial charge in [-0.3, -0.25) is 9.20 Å². The van der Waals surface area contributed by atoms with Crippen molar-refractivity contribution in [2.24, 2.45) is 0 Å². The van der Waals surface area contributed by atoms with Gasteiger partial charge in [0.15, 0.2) is 11.3 Å². The zero-order valence-electron chi connectivity index (χ0n) is 10.3. The number of esters is 1. The van der Waals surface area contributed by atoms with Crippen molar-refractivity contribution in [1.82, 2.24) is 19.4 Å². The number of ether oxygens (including phenoxy) is 1. The van der Waals surface area contributed by atoms with Crippen molar-refractivity contribution < 1.29 is 9.53 Å². The molecule has 0 bridgehead atoms. The molecule has 3 heterocycles. The fraction of sp³-hybridized carbons (Fsp3) is 0.167. The van der Waals surface area contributed by atoms with Crippen molar-refractivity contribution in [3.63, 3.8) is 0 Å². The second-order valence-electron chi connectivity index (χ2n) is 4.12. The fourth-order valence-corrected chi connectivity index (χ4v) is 2.00. The van der Waals surface area contributed by atoms with Gasteiger partial charge in [-0.2, -0.15) is 0 Å². The van der Waals surface area contributed by atoms with Gasteiger partial charge >= 0.3 is 5.97 Å². The predicted molar refractivity (Wildman–Crippen MR) is 67.2 cm³/mol. The molecule has 3 aromatic rings. The number of hydrogen-bond acceptors (Lipinski definition) is 5. The Morgan fingerprint density at radius 2 is 2.26 bits per heavy atom. The van der Waals surface area contributed by atoms with Gasteiger partial charge in [0.1, 0.15) is 11.8 Å². The molecule has 0 spiro atoms. The van der Waals surface area contributed by atoms with Gasteiger partial charge in [0.05, 0.1) is 18.8 Å². The normalized spacial score (nSPS) is 11.1. The molecule has 7 nitrogen and oxygen atoms in total. The standard InChI is InChI=1S/C12H10N4O3/c1-6-3-7-10(15-9(6)12(18)19-2)16-5-13-4-8(16)11(17)14-7/h3-5H,1-2H3,(H,14,17). The number of nitrogens with zero attached hydrogens (tertiary/aromatic N) is 3. The van der Waals surface area contributed by atoms with Crippen LogP contribution in [0.5, 0.6) is 0 Å². The number of methoxy groups -OCH3 is 1. The van der Waals surface area contributed by atoms with Crippen LogP contribution in [-0.2, 0) is 4.74 Å². The van der Waals surface area contributed by atoms with Gasteiger partial charge < -0.3 is 9.72 Å². The molecule has 0 radical (unpaired) electrons. The van der Waals surface area contributed by atoms with Gasteiger partial charge in [-0.05, 0) is 18.6 Å². The molecule has 3 rings (SSSR count). The Kier molecular flexibility index (Phi) is 2.34. The highest BCUT2D eigenvalue weighted by atomic mass is 16.5. The van der Waals surface area contributed by atoms with Gasteiger partial charge in [0.2, 0.25) is 0 Å². The first-order chi connectivity index (χ1) is 9.11. The lowest BCUT2D eigenvalue weighted by atomic mass is 10.2. The maximum Gasteiger partial charge on any atom is 0.357 e. The Labute approximate surface area is 106 Å². The number of imidazole rings is 1. The van der Waals surface area contributed by atoms with Crippen LogP contribution in [0.2, 0.25) is 0 Å².